The third-order valence-electron chi connectivity index (χ3n) is 11.8. The lowest BCUT2D eigenvalue weighted by molar-refractivity contribution is -0.142. The van der Waals surface area contributed by atoms with Crippen LogP contribution < -0.4 is 60.6 Å². The van der Waals surface area contributed by atoms with Crippen LogP contribution in [-0.2, 0) is 62.4 Å². The molecule has 394 valence electrons. The molecule has 17 N–H and O–H groups in total. The first-order chi connectivity index (χ1) is 34.7. The average Bonchev–Trinajstić information content (AvgIpc) is 3.84. The molecule has 23 heteroatoms. The summed E-state index contributed by atoms with van der Waals surface area (Å²) in [5.41, 5.74) is 30.0. The van der Waals surface area contributed by atoms with Crippen molar-refractivity contribution < 1.29 is 48.3 Å². The zero-order valence-electron chi connectivity index (χ0n) is 41.1. The highest BCUT2D eigenvalue weighted by Crippen LogP contribution is 2.21. The lowest BCUT2D eigenvalue weighted by atomic mass is 10.0. The quantitative estimate of drug-likeness (QED) is 0.0208. The summed E-state index contributed by atoms with van der Waals surface area (Å²) in [6.07, 6.45) is 0.488. The molecular weight excluding hydrogens is 943 g/mol. The summed E-state index contributed by atoms with van der Waals surface area (Å²) in [5, 5.41) is 25.4. The Bertz CT molecular complexity index is 2400. The fourth-order valence-corrected chi connectivity index (χ4v) is 8.12. The zero-order chi connectivity index (χ0) is 53.6. The van der Waals surface area contributed by atoms with E-state index in [-0.39, 0.29) is 75.7 Å². The summed E-state index contributed by atoms with van der Waals surface area (Å²) < 4.78 is 0. The molecular formula is C50H69N13O10. The van der Waals surface area contributed by atoms with E-state index < -0.39 is 108 Å². The summed E-state index contributed by atoms with van der Waals surface area (Å²) in [6.45, 7) is 3.24. The fraction of sp³-hybridized carbons (Fsp3) is 0.440. The number of nitrogens with two attached hydrogens (primary N) is 5. The summed E-state index contributed by atoms with van der Waals surface area (Å²) >= 11 is 0. The molecule has 0 unspecified atom stereocenters. The zero-order valence-corrected chi connectivity index (χ0v) is 41.1. The maximum absolute atomic E-state index is 14.4. The van der Waals surface area contributed by atoms with Gasteiger partial charge in [0, 0.05) is 25.9 Å². The van der Waals surface area contributed by atoms with Gasteiger partial charge in [-0.2, -0.15) is 0 Å². The van der Waals surface area contributed by atoms with Crippen molar-refractivity contribution in [2.24, 2.45) is 39.6 Å². The lowest BCUT2D eigenvalue weighted by Gasteiger charge is -2.30. The van der Waals surface area contributed by atoms with Crippen molar-refractivity contribution in [1.82, 2.24) is 36.8 Å². The molecule has 1 saturated heterocycles. The minimum Gasteiger partial charge on any atom is -0.508 e. The molecule has 3 aromatic rings. The minimum atomic E-state index is -1.45. The number of primary amides is 2. The molecule has 23 nitrogen and oxygen atoms in total. The first kappa shape index (κ1) is 57.5. The smallest absolute Gasteiger partial charge is 0.245 e. The van der Waals surface area contributed by atoms with Crippen LogP contribution in [0.5, 0.6) is 5.75 Å². The van der Waals surface area contributed by atoms with Crippen molar-refractivity contribution in [1.29, 1.82) is 0 Å². The van der Waals surface area contributed by atoms with Gasteiger partial charge in [0.05, 0.1) is 19.0 Å². The van der Waals surface area contributed by atoms with Gasteiger partial charge in [-0.1, -0.05) is 86.6 Å². The second-order valence-corrected chi connectivity index (χ2v) is 18.3. The Morgan fingerprint density at radius 3 is 1.75 bits per heavy atom. The molecule has 0 bridgehead atoms. The number of hydrogen-bond donors (Lipinski definition) is 12. The number of nitrogens with one attached hydrogen (secondary N) is 6. The number of phenolic OH excluding ortho intramolecular Hbond substituents is 1. The van der Waals surface area contributed by atoms with Gasteiger partial charge in [-0.15, -0.1) is 0 Å². The van der Waals surface area contributed by atoms with E-state index >= 15 is 0 Å². The third-order valence-corrected chi connectivity index (χ3v) is 11.8. The van der Waals surface area contributed by atoms with E-state index in [9.17, 15) is 48.3 Å². The van der Waals surface area contributed by atoms with Crippen molar-refractivity contribution in [3.8, 4) is 5.75 Å². The van der Waals surface area contributed by atoms with Crippen LogP contribution in [0.25, 0.3) is 0 Å². The molecule has 0 radical (unpaired) electrons. The molecule has 0 spiro atoms. The Morgan fingerprint density at radius 1 is 0.658 bits per heavy atom. The van der Waals surface area contributed by atoms with Gasteiger partial charge in [0.25, 0.3) is 0 Å². The first-order valence-corrected chi connectivity index (χ1v) is 24.0. The topological polar surface area (TPSA) is 392 Å². The highest BCUT2D eigenvalue weighted by Gasteiger charge is 2.39. The Hall–Kier alpha value is -8.08. The van der Waals surface area contributed by atoms with E-state index in [0.717, 1.165) is 0 Å². The number of phenols is 1. The van der Waals surface area contributed by atoms with E-state index in [2.05, 4.69) is 36.9 Å². The van der Waals surface area contributed by atoms with Gasteiger partial charge in [-0.05, 0) is 73.3 Å². The summed E-state index contributed by atoms with van der Waals surface area (Å²) in [6, 6.07) is 15.3. The number of guanidine groups is 1. The van der Waals surface area contributed by atoms with Gasteiger partial charge in [0.1, 0.15) is 42.0 Å². The average molecular weight is 1010 g/mol. The van der Waals surface area contributed by atoms with Crippen LogP contribution in [-0.4, -0.2) is 131 Å². The number of carbonyl (C=O) groups excluding carboxylic acids is 9. The van der Waals surface area contributed by atoms with Gasteiger partial charge in [-0.3, -0.25) is 48.1 Å². The maximum atomic E-state index is 14.4. The number of likely N-dealkylation sites (tertiary alicyclic amines) is 1. The largest absolute Gasteiger partial charge is 0.508 e. The number of aromatic hydroxyl groups is 1. The Labute approximate surface area is 423 Å². The van der Waals surface area contributed by atoms with E-state index in [0.29, 0.717) is 23.1 Å². The number of amides is 9. The number of aliphatic imine (C=N–C) groups is 1. The van der Waals surface area contributed by atoms with Crippen LogP contribution in [0.15, 0.2) is 89.9 Å². The van der Waals surface area contributed by atoms with Crippen LogP contribution in [0, 0.1) is 5.92 Å². The molecule has 73 heavy (non-hydrogen) atoms. The van der Waals surface area contributed by atoms with E-state index in [1.165, 1.54) is 17.0 Å². The van der Waals surface area contributed by atoms with Crippen LogP contribution >= 0.6 is 0 Å². The van der Waals surface area contributed by atoms with E-state index in [4.69, 9.17) is 28.7 Å². The van der Waals surface area contributed by atoms with Crippen molar-refractivity contribution >= 4 is 59.1 Å². The molecule has 7 atom stereocenters. The Morgan fingerprint density at radius 2 is 1.21 bits per heavy atom. The highest BCUT2D eigenvalue weighted by atomic mass is 16.3. The van der Waals surface area contributed by atoms with Crippen LogP contribution in [0.1, 0.15) is 69.1 Å². The van der Waals surface area contributed by atoms with Crippen molar-refractivity contribution in [3.63, 3.8) is 0 Å². The molecule has 3 aromatic carbocycles. The van der Waals surface area contributed by atoms with Gasteiger partial charge < -0.3 is 70.6 Å². The van der Waals surface area contributed by atoms with Gasteiger partial charge in [-0.25, -0.2) is 0 Å². The number of benzene rings is 3. The van der Waals surface area contributed by atoms with Crippen molar-refractivity contribution in [3.05, 3.63) is 102 Å². The standard InChI is InChI=1S/C50H69N13O10/c1-29(2)23-37(61-47(71)38(25-30-11-5-3-6-12-30)60-44(68)34(51)24-32-17-19-33(64)20-18-32)45(69)57-28-42(66)58-35(15-9-21-56-50(54)55)49(73)63-22-10-16-40(63)48(72)62-39(26-31-13-7-4-8-14-31)46(70)59-36(43(53)67)27-41(52)65/h3-8,11-14,17-20,29,34-40,64H,9-10,15-16,21-28,51H2,1-2H3,(H2,52,65)(H2,53,67)(H,57,69)(H,58,66)(H,59,70)(H,60,68)(H,61,71)(H,62,72)(H4,54,55,56)/t34-,35-,36-,37-,38-,39-,40-/m0/s1. The SMILES string of the molecule is CC(C)C[C@H](NC(=O)[C@H](Cc1ccccc1)NC(=O)[C@@H](N)Cc1ccc(O)cc1)C(=O)NCC(=O)N[C@@H](CCCN=C(N)N)C(=O)N1CCC[C@H]1C(=O)N[C@@H](Cc1ccccc1)C(=O)N[C@@H](CC(N)=O)C(N)=O. The molecule has 9 amide bonds. The second kappa shape index (κ2) is 28.7. The predicted octanol–water partition coefficient (Wildman–Crippen LogP) is -2.26. The molecule has 4 rings (SSSR count). The third kappa shape index (κ3) is 19.6. The maximum Gasteiger partial charge on any atom is 0.245 e. The highest BCUT2D eigenvalue weighted by molar-refractivity contribution is 5.98. The number of hydrogen-bond acceptors (Lipinski definition) is 12. The normalized spacial score (nSPS) is 15.5. The number of nitrogens with zero attached hydrogens (tertiary/aromatic N) is 2. The fourth-order valence-electron chi connectivity index (χ4n) is 8.12. The van der Waals surface area contributed by atoms with Gasteiger partial charge in [0.15, 0.2) is 5.96 Å². The number of carbonyl (C=O) groups is 9. The monoisotopic (exact) mass is 1010 g/mol. The van der Waals surface area contributed by atoms with Crippen LogP contribution in [0.2, 0.25) is 0 Å². The predicted molar refractivity (Wildman–Crippen MR) is 270 cm³/mol. The summed E-state index contributed by atoms with van der Waals surface area (Å²) in [5.74, 6) is -7.15. The van der Waals surface area contributed by atoms with E-state index in [1.54, 1.807) is 72.8 Å². The number of rotatable bonds is 28. The molecule has 1 fully saturated rings. The minimum absolute atomic E-state index is 0.00664. The van der Waals surface area contributed by atoms with Crippen molar-refractivity contribution in [2.45, 2.75) is 114 Å². The van der Waals surface area contributed by atoms with Crippen LogP contribution in [0.3, 0.4) is 0 Å². The van der Waals surface area contributed by atoms with E-state index in [1.807, 2.05) is 13.8 Å². The van der Waals surface area contributed by atoms with Gasteiger partial charge in [0.2, 0.25) is 53.2 Å². The molecule has 0 aromatic heterocycles. The lowest BCUT2D eigenvalue weighted by Crippen LogP contribution is -2.59. The molecule has 0 aliphatic carbocycles. The molecule has 0 saturated carbocycles. The second-order valence-electron chi connectivity index (χ2n) is 18.3. The molecule has 1 aliphatic rings. The van der Waals surface area contributed by atoms with Crippen molar-refractivity contribution in [2.75, 3.05) is 19.6 Å². The summed E-state index contributed by atoms with van der Waals surface area (Å²) in [7, 11) is 0. The Kier molecular flexibility index (Phi) is 22.6. The van der Waals surface area contributed by atoms with Crippen LogP contribution in [0.4, 0.5) is 0 Å². The first-order valence-electron chi connectivity index (χ1n) is 24.0. The summed E-state index contributed by atoms with van der Waals surface area (Å²) in [4.78, 5) is 126. The molecule has 1 heterocycles. The molecule has 1 aliphatic heterocycles. The Balaban J connectivity index is 1.47. The van der Waals surface area contributed by atoms with Gasteiger partial charge >= 0.3 is 0 Å².